The second-order valence-corrected chi connectivity index (χ2v) is 6.26. The molecule has 2 aromatic rings. The van der Waals surface area contributed by atoms with Crippen molar-refractivity contribution in [2.24, 2.45) is 5.92 Å². The summed E-state index contributed by atoms with van der Waals surface area (Å²) in [6, 6.07) is 8.96. The Balaban J connectivity index is 1.63. The van der Waals surface area contributed by atoms with Gasteiger partial charge in [-0.15, -0.1) is 0 Å². The van der Waals surface area contributed by atoms with E-state index < -0.39 is 0 Å². The maximum Gasteiger partial charge on any atom is 0.220 e. The third kappa shape index (κ3) is 3.17. The van der Waals surface area contributed by atoms with Crippen LogP contribution in [-0.4, -0.2) is 35.5 Å². The quantitative estimate of drug-likeness (QED) is 0.921. The number of aromatic nitrogens is 1. The SMILES string of the molecule is CCn1ccc2cc(CN3CCC(CC(=O)NC)C3)ccc21. The molecule has 4 nitrogen and oxygen atoms in total. The molecular formula is C18H25N3O. The van der Waals surface area contributed by atoms with E-state index in [1.807, 2.05) is 0 Å². The van der Waals surface area contributed by atoms with Crippen LogP contribution in [0.25, 0.3) is 10.9 Å². The molecule has 22 heavy (non-hydrogen) atoms. The first kappa shape index (κ1) is 15.1. The Morgan fingerprint density at radius 3 is 3.00 bits per heavy atom. The fourth-order valence-corrected chi connectivity index (χ4v) is 3.47. The molecule has 1 unspecified atom stereocenters. The van der Waals surface area contributed by atoms with Crippen molar-refractivity contribution in [2.45, 2.75) is 32.9 Å². The monoisotopic (exact) mass is 299 g/mol. The van der Waals surface area contributed by atoms with Crippen LogP contribution in [0.2, 0.25) is 0 Å². The number of benzene rings is 1. The van der Waals surface area contributed by atoms with Gasteiger partial charge >= 0.3 is 0 Å². The molecule has 1 N–H and O–H groups in total. The third-order valence-corrected chi connectivity index (χ3v) is 4.71. The van der Waals surface area contributed by atoms with E-state index in [1.165, 1.54) is 16.5 Å². The number of amides is 1. The van der Waals surface area contributed by atoms with Crippen LogP contribution in [0.3, 0.4) is 0 Å². The highest BCUT2D eigenvalue weighted by molar-refractivity contribution is 5.80. The zero-order valence-electron chi connectivity index (χ0n) is 13.5. The Morgan fingerprint density at radius 2 is 2.23 bits per heavy atom. The second kappa shape index (κ2) is 6.53. The van der Waals surface area contributed by atoms with Gasteiger partial charge in [-0.05, 0) is 55.0 Å². The zero-order valence-corrected chi connectivity index (χ0v) is 13.5. The summed E-state index contributed by atoms with van der Waals surface area (Å²) in [5.74, 6) is 0.666. The van der Waals surface area contributed by atoms with Crippen molar-refractivity contribution in [1.82, 2.24) is 14.8 Å². The zero-order chi connectivity index (χ0) is 15.5. The van der Waals surface area contributed by atoms with E-state index in [2.05, 4.69) is 52.2 Å². The van der Waals surface area contributed by atoms with E-state index in [0.29, 0.717) is 12.3 Å². The standard InChI is InChI=1S/C18H25N3O/c1-3-21-9-7-16-10-14(4-5-17(16)21)12-20-8-6-15(13-20)11-18(22)19-2/h4-5,7,9-10,15H,3,6,8,11-13H2,1-2H3,(H,19,22). The number of nitrogens with one attached hydrogen (secondary N) is 1. The topological polar surface area (TPSA) is 37.3 Å². The van der Waals surface area contributed by atoms with Crippen LogP contribution in [0.4, 0.5) is 0 Å². The van der Waals surface area contributed by atoms with Crippen LogP contribution >= 0.6 is 0 Å². The van der Waals surface area contributed by atoms with Gasteiger partial charge in [0.05, 0.1) is 0 Å². The lowest BCUT2D eigenvalue weighted by Crippen LogP contribution is -2.24. The average Bonchev–Trinajstić information content (AvgIpc) is 3.13. The fraction of sp³-hybridized carbons (Fsp3) is 0.500. The van der Waals surface area contributed by atoms with E-state index in [4.69, 9.17) is 0 Å². The second-order valence-electron chi connectivity index (χ2n) is 6.26. The van der Waals surface area contributed by atoms with Crippen LogP contribution < -0.4 is 5.32 Å². The van der Waals surface area contributed by atoms with Gasteiger partial charge in [-0.2, -0.15) is 0 Å². The van der Waals surface area contributed by atoms with Crippen molar-refractivity contribution < 1.29 is 4.79 Å². The van der Waals surface area contributed by atoms with Crippen LogP contribution in [0.5, 0.6) is 0 Å². The summed E-state index contributed by atoms with van der Waals surface area (Å²) in [4.78, 5) is 13.9. The molecule has 1 amide bonds. The summed E-state index contributed by atoms with van der Waals surface area (Å²) < 4.78 is 2.27. The molecule has 1 aromatic carbocycles. The number of nitrogens with zero attached hydrogens (tertiary/aromatic N) is 2. The molecule has 3 rings (SSSR count). The first-order valence-corrected chi connectivity index (χ1v) is 8.20. The van der Waals surface area contributed by atoms with E-state index in [1.54, 1.807) is 7.05 Å². The summed E-state index contributed by atoms with van der Waals surface area (Å²) in [5, 5.41) is 4.04. The Kier molecular flexibility index (Phi) is 4.48. The largest absolute Gasteiger partial charge is 0.359 e. The lowest BCUT2D eigenvalue weighted by molar-refractivity contribution is -0.121. The molecule has 0 radical (unpaired) electrons. The van der Waals surface area contributed by atoms with E-state index in [9.17, 15) is 4.79 Å². The average molecular weight is 299 g/mol. The van der Waals surface area contributed by atoms with Gasteiger partial charge in [0.15, 0.2) is 0 Å². The van der Waals surface area contributed by atoms with Crippen molar-refractivity contribution >= 4 is 16.8 Å². The molecule has 118 valence electrons. The highest BCUT2D eigenvalue weighted by Crippen LogP contribution is 2.23. The molecule has 0 spiro atoms. The van der Waals surface area contributed by atoms with Crippen molar-refractivity contribution in [2.75, 3.05) is 20.1 Å². The fourth-order valence-electron chi connectivity index (χ4n) is 3.47. The van der Waals surface area contributed by atoms with Gasteiger partial charge in [-0.25, -0.2) is 0 Å². The minimum absolute atomic E-state index is 0.161. The van der Waals surface area contributed by atoms with E-state index in [-0.39, 0.29) is 5.91 Å². The number of likely N-dealkylation sites (tertiary alicyclic amines) is 1. The molecule has 0 bridgehead atoms. The minimum Gasteiger partial charge on any atom is -0.359 e. The van der Waals surface area contributed by atoms with Crippen molar-refractivity contribution in [3.05, 3.63) is 36.0 Å². The smallest absolute Gasteiger partial charge is 0.220 e. The van der Waals surface area contributed by atoms with Crippen LogP contribution in [0.1, 0.15) is 25.3 Å². The first-order chi connectivity index (χ1) is 10.7. The number of carbonyl (C=O) groups is 1. The third-order valence-electron chi connectivity index (χ3n) is 4.71. The molecule has 2 heterocycles. The van der Waals surface area contributed by atoms with Gasteiger partial charge in [0, 0.05) is 44.8 Å². The molecule has 1 aromatic heterocycles. The maximum absolute atomic E-state index is 11.5. The van der Waals surface area contributed by atoms with Crippen molar-refractivity contribution in [3.63, 3.8) is 0 Å². The van der Waals surface area contributed by atoms with E-state index in [0.717, 1.165) is 32.6 Å². The molecule has 0 aliphatic carbocycles. The summed E-state index contributed by atoms with van der Waals surface area (Å²) in [5.41, 5.74) is 2.67. The van der Waals surface area contributed by atoms with Crippen molar-refractivity contribution in [3.8, 4) is 0 Å². The number of rotatable bonds is 5. The number of hydrogen-bond donors (Lipinski definition) is 1. The molecule has 1 atom stereocenters. The van der Waals surface area contributed by atoms with Gasteiger partial charge in [0.2, 0.25) is 5.91 Å². The van der Waals surface area contributed by atoms with Gasteiger partial charge < -0.3 is 9.88 Å². The number of carbonyl (C=O) groups excluding carboxylic acids is 1. The summed E-state index contributed by atoms with van der Waals surface area (Å²) >= 11 is 0. The number of hydrogen-bond acceptors (Lipinski definition) is 2. The van der Waals surface area contributed by atoms with Crippen LogP contribution in [0.15, 0.2) is 30.5 Å². The molecule has 4 heteroatoms. The Morgan fingerprint density at radius 1 is 1.36 bits per heavy atom. The number of aryl methyl sites for hydroxylation is 1. The van der Waals surface area contributed by atoms with E-state index >= 15 is 0 Å². The molecule has 0 saturated carbocycles. The van der Waals surface area contributed by atoms with Gasteiger partial charge in [-0.1, -0.05) is 6.07 Å². The van der Waals surface area contributed by atoms with Gasteiger partial charge in [0.25, 0.3) is 0 Å². The lowest BCUT2D eigenvalue weighted by atomic mass is 10.0. The van der Waals surface area contributed by atoms with Crippen molar-refractivity contribution in [1.29, 1.82) is 0 Å². The Hall–Kier alpha value is -1.81. The Bertz CT molecular complexity index is 661. The number of fused-ring (bicyclic) bond motifs is 1. The molecule has 1 aliphatic heterocycles. The summed E-state index contributed by atoms with van der Waals surface area (Å²) in [6.07, 6.45) is 3.94. The molecule has 1 saturated heterocycles. The highest BCUT2D eigenvalue weighted by atomic mass is 16.1. The maximum atomic E-state index is 11.5. The first-order valence-electron chi connectivity index (χ1n) is 8.20. The summed E-state index contributed by atoms with van der Waals surface area (Å²) in [7, 11) is 1.71. The van der Waals surface area contributed by atoms with Crippen LogP contribution in [-0.2, 0) is 17.9 Å². The minimum atomic E-state index is 0.161. The predicted octanol–water partition coefficient (Wildman–Crippen LogP) is 2.62. The van der Waals surface area contributed by atoms with Gasteiger partial charge in [-0.3, -0.25) is 9.69 Å². The van der Waals surface area contributed by atoms with Crippen LogP contribution in [0, 0.1) is 5.92 Å². The molecule has 1 fully saturated rings. The molecule has 1 aliphatic rings. The summed E-state index contributed by atoms with van der Waals surface area (Å²) in [6.45, 7) is 6.29. The molecular weight excluding hydrogens is 274 g/mol. The normalized spacial score (nSPS) is 18.9. The van der Waals surface area contributed by atoms with Gasteiger partial charge in [0.1, 0.15) is 0 Å². The lowest BCUT2D eigenvalue weighted by Gasteiger charge is -2.16. The predicted molar refractivity (Wildman–Crippen MR) is 89.7 cm³/mol. The Labute approximate surface area is 132 Å². The highest BCUT2D eigenvalue weighted by Gasteiger charge is 2.24.